The maximum Gasteiger partial charge on any atom is 0.0907 e. The van der Waals surface area contributed by atoms with E-state index >= 15 is 0 Å². The largest absolute Gasteiger partial charge is 0.387 e. The van der Waals surface area contributed by atoms with E-state index in [0.29, 0.717) is 19.6 Å². The van der Waals surface area contributed by atoms with Gasteiger partial charge in [-0.1, -0.05) is 24.3 Å². The average Bonchev–Trinajstić information content (AvgIpc) is 2.36. The third-order valence-corrected chi connectivity index (χ3v) is 2.84. The second kappa shape index (κ2) is 5.46. The summed E-state index contributed by atoms with van der Waals surface area (Å²) in [7, 11) is 0. The summed E-state index contributed by atoms with van der Waals surface area (Å²) in [6, 6.07) is 12.0. The number of hydrogen-bond donors (Lipinski definition) is 1. The fraction of sp³-hybridized carbons (Fsp3) is 0.400. The molecule has 0 saturated carbocycles. The Morgan fingerprint density at radius 1 is 1.22 bits per heavy atom. The molecule has 3 heteroatoms. The number of benzene rings is 1. The molecule has 1 unspecified atom stereocenters. The third-order valence-electron chi connectivity index (χ3n) is 2.84. The summed E-state index contributed by atoms with van der Waals surface area (Å²) in [5.74, 6) is 0. The van der Waals surface area contributed by atoms with Gasteiger partial charge in [0.25, 0.3) is 0 Å². The summed E-state index contributed by atoms with van der Waals surface area (Å²) in [5, 5.41) is 11.3. The number of nitrogens with zero attached hydrogens (tertiary/aromatic N) is 1. The highest BCUT2D eigenvalue weighted by atomic mass is 16.5. The maximum absolute atomic E-state index is 10.2. The summed E-state index contributed by atoms with van der Waals surface area (Å²) in [5.41, 5.74) is 0.978. The molecule has 0 spiro atoms. The molecule has 0 fully saturated rings. The Labute approximate surface area is 107 Å². The van der Waals surface area contributed by atoms with Crippen LogP contribution in [0, 0.1) is 0 Å². The number of ether oxygens (including phenoxy) is 1. The van der Waals surface area contributed by atoms with Gasteiger partial charge in [-0.15, -0.1) is 0 Å². The van der Waals surface area contributed by atoms with Gasteiger partial charge in [-0.2, -0.15) is 0 Å². The van der Waals surface area contributed by atoms with Crippen molar-refractivity contribution < 1.29 is 9.84 Å². The van der Waals surface area contributed by atoms with Crippen molar-refractivity contribution in [2.24, 2.45) is 0 Å². The lowest BCUT2D eigenvalue weighted by molar-refractivity contribution is -0.0301. The fourth-order valence-electron chi connectivity index (χ4n) is 1.97. The Bertz CT molecular complexity index is 523. The SMILES string of the molecule is CCOCC(C)(O)Cc1ccc2ccccc2n1. The Morgan fingerprint density at radius 2 is 2.00 bits per heavy atom. The van der Waals surface area contributed by atoms with Gasteiger partial charge in [0.05, 0.1) is 17.7 Å². The molecule has 0 aliphatic rings. The molecule has 2 aromatic rings. The van der Waals surface area contributed by atoms with E-state index in [4.69, 9.17) is 4.74 Å². The van der Waals surface area contributed by atoms with E-state index in [0.717, 1.165) is 16.6 Å². The minimum atomic E-state index is -0.870. The molecular weight excluding hydrogens is 226 g/mol. The van der Waals surface area contributed by atoms with Crippen LogP contribution in [0.2, 0.25) is 0 Å². The number of aliphatic hydroxyl groups is 1. The third kappa shape index (κ3) is 3.28. The van der Waals surface area contributed by atoms with Crippen LogP contribution in [0.25, 0.3) is 10.9 Å². The predicted molar refractivity (Wildman–Crippen MR) is 72.6 cm³/mol. The first-order valence-electron chi connectivity index (χ1n) is 6.25. The van der Waals surface area contributed by atoms with Crippen molar-refractivity contribution in [2.75, 3.05) is 13.2 Å². The van der Waals surface area contributed by atoms with Gasteiger partial charge in [0, 0.05) is 24.1 Å². The monoisotopic (exact) mass is 245 g/mol. The summed E-state index contributed by atoms with van der Waals surface area (Å²) in [6.07, 6.45) is 0.498. The smallest absolute Gasteiger partial charge is 0.0907 e. The zero-order valence-corrected chi connectivity index (χ0v) is 10.9. The van der Waals surface area contributed by atoms with Crippen molar-refractivity contribution in [3.05, 3.63) is 42.1 Å². The number of rotatable bonds is 5. The Balaban J connectivity index is 2.16. The van der Waals surface area contributed by atoms with E-state index in [1.807, 2.05) is 43.3 Å². The molecule has 0 radical (unpaired) electrons. The molecule has 1 aromatic heterocycles. The second-order valence-corrected chi connectivity index (χ2v) is 4.81. The molecule has 0 aliphatic heterocycles. The van der Waals surface area contributed by atoms with Crippen LogP contribution in [-0.4, -0.2) is 28.9 Å². The van der Waals surface area contributed by atoms with Gasteiger partial charge in [0.1, 0.15) is 0 Å². The fourth-order valence-corrected chi connectivity index (χ4v) is 1.97. The van der Waals surface area contributed by atoms with Crippen molar-refractivity contribution in [3.8, 4) is 0 Å². The van der Waals surface area contributed by atoms with Crippen LogP contribution >= 0.6 is 0 Å². The van der Waals surface area contributed by atoms with Crippen LogP contribution in [0.3, 0.4) is 0 Å². The first-order chi connectivity index (χ1) is 8.61. The van der Waals surface area contributed by atoms with Crippen molar-refractivity contribution >= 4 is 10.9 Å². The van der Waals surface area contributed by atoms with Crippen molar-refractivity contribution in [2.45, 2.75) is 25.9 Å². The zero-order chi connectivity index (χ0) is 13.0. The molecule has 1 heterocycles. The number of aromatic nitrogens is 1. The van der Waals surface area contributed by atoms with Gasteiger partial charge >= 0.3 is 0 Å². The molecule has 0 amide bonds. The van der Waals surface area contributed by atoms with Crippen LogP contribution in [0.4, 0.5) is 0 Å². The summed E-state index contributed by atoms with van der Waals surface area (Å²) in [6.45, 7) is 4.64. The van der Waals surface area contributed by atoms with E-state index < -0.39 is 5.60 Å². The molecule has 1 N–H and O–H groups in total. The number of fused-ring (bicyclic) bond motifs is 1. The molecule has 1 aromatic carbocycles. The van der Waals surface area contributed by atoms with Gasteiger partial charge in [-0.05, 0) is 26.0 Å². The van der Waals surface area contributed by atoms with Crippen LogP contribution in [0.5, 0.6) is 0 Å². The molecule has 0 aliphatic carbocycles. The number of hydrogen-bond acceptors (Lipinski definition) is 3. The molecule has 3 nitrogen and oxygen atoms in total. The highest BCUT2D eigenvalue weighted by Crippen LogP contribution is 2.16. The molecule has 2 rings (SSSR count). The van der Waals surface area contributed by atoms with E-state index in [2.05, 4.69) is 4.98 Å². The van der Waals surface area contributed by atoms with Crippen molar-refractivity contribution in [3.63, 3.8) is 0 Å². The molecular formula is C15H19NO2. The Kier molecular flexibility index (Phi) is 3.94. The normalized spacial score (nSPS) is 14.6. The summed E-state index contributed by atoms with van der Waals surface area (Å²) in [4.78, 5) is 4.55. The van der Waals surface area contributed by atoms with E-state index in [9.17, 15) is 5.11 Å². The lowest BCUT2D eigenvalue weighted by atomic mass is 10.0. The highest BCUT2D eigenvalue weighted by Gasteiger charge is 2.21. The van der Waals surface area contributed by atoms with Gasteiger partial charge < -0.3 is 9.84 Å². The minimum absolute atomic E-state index is 0.331. The first kappa shape index (κ1) is 13.0. The molecule has 96 valence electrons. The minimum Gasteiger partial charge on any atom is -0.387 e. The summed E-state index contributed by atoms with van der Waals surface area (Å²) >= 11 is 0. The molecule has 1 atom stereocenters. The Morgan fingerprint density at radius 3 is 2.78 bits per heavy atom. The standard InChI is InChI=1S/C15H19NO2/c1-3-18-11-15(2,17)10-13-9-8-12-6-4-5-7-14(12)16-13/h4-9,17H,3,10-11H2,1-2H3. The summed E-state index contributed by atoms with van der Waals surface area (Å²) < 4.78 is 5.28. The van der Waals surface area contributed by atoms with Gasteiger partial charge in [0.15, 0.2) is 0 Å². The first-order valence-corrected chi connectivity index (χ1v) is 6.25. The lowest BCUT2D eigenvalue weighted by Gasteiger charge is -2.22. The lowest BCUT2D eigenvalue weighted by Crippen LogP contribution is -2.33. The van der Waals surface area contributed by atoms with E-state index in [1.165, 1.54) is 0 Å². The highest BCUT2D eigenvalue weighted by molar-refractivity contribution is 5.78. The number of para-hydroxylation sites is 1. The second-order valence-electron chi connectivity index (χ2n) is 4.81. The number of pyridine rings is 1. The molecule has 0 bridgehead atoms. The van der Waals surface area contributed by atoms with Crippen LogP contribution in [0.1, 0.15) is 19.5 Å². The van der Waals surface area contributed by atoms with Crippen LogP contribution in [-0.2, 0) is 11.2 Å². The predicted octanol–water partition coefficient (Wildman–Crippen LogP) is 2.56. The van der Waals surface area contributed by atoms with Crippen molar-refractivity contribution in [1.29, 1.82) is 0 Å². The van der Waals surface area contributed by atoms with Gasteiger partial charge in [-0.25, -0.2) is 0 Å². The Hall–Kier alpha value is -1.45. The van der Waals surface area contributed by atoms with Gasteiger partial charge in [-0.3, -0.25) is 4.98 Å². The maximum atomic E-state index is 10.2. The topological polar surface area (TPSA) is 42.4 Å². The zero-order valence-electron chi connectivity index (χ0n) is 10.9. The van der Waals surface area contributed by atoms with Crippen molar-refractivity contribution in [1.82, 2.24) is 4.98 Å². The van der Waals surface area contributed by atoms with Gasteiger partial charge in [0.2, 0.25) is 0 Å². The average molecular weight is 245 g/mol. The van der Waals surface area contributed by atoms with E-state index in [-0.39, 0.29) is 0 Å². The van der Waals surface area contributed by atoms with E-state index in [1.54, 1.807) is 6.92 Å². The molecule has 18 heavy (non-hydrogen) atoms. The van der Waals surface area contributed by atoms with Crippen LogP contribution < -0.4 is 0 Å². The quantitative estimate of drug-likeness (QED) is 0.880. The van der Waals surface area contributed by atoms with Crippen LogP contribution in [0.15, 0.2) is 36.4 Å². The molecule has 0 saturated heterocycles.